The number of aliphatic hydroxyl groups is 1. The molecular weight excluding hydrogens is 266 g/mol. The minimum absolute atomic E-state index is 0.0522. The van der Waals surface area contributed by atoms with E-state index in [-0.39, 0.29) is 24.0 Å². The van der Waals surface area contributed by atoms with Gasteiger partial charge in [-0.05, 0) is 31.7 Å². The van der Waals surface area contributed by atoms with Crippen LogP contribution in [0.25, 0.3) is 0 Å². The van der Waals surface area contributed by atoms with Gasteiger partial charge in [0.2, 0.25) is 5.91 Å². The maximum absolute atomic E-state index is 12.6. The summed E-state index contributed by atoms with van der Waals surface area (Å²) >= 11 is 0. The van der Waals surface area contributed by atoms with Crippen molar-refractivity contribution in [1.82, 2.24) is 5.32 Å². The van der Waals surface area contributed by atoms with Crippen LogP contribution in [-0.4, -0.2) is 30.8 Å². The molecule has 1 aromatic carbocycles. The molecule has 0 aromatic heterocycles. The molecule has 4 nitrogen and oxygen atoms in total. The Labute approximate surface area is 126 Å². The molecule has 0 heterocycles. The van der Waals surface area contributed by atoms with Gasteiger partial charge in [0.15, 0.2) is 0 Å². The van der Waals surface area contributed by atoms with Gasteiger partial charge in [-0.1, -0.05) is 36.8 Å². The second-order valence-electron chi connectivity index (χ2n) is 5.70. The SMILES string of the molecule is CCOCCC1(C(=O)N[C@H](CO)c2ccccc2)CCC1. The van der Waals surface area contributed by atoms with Crippen molar-refractivity contribution in [3.63, 3.8) is 0 Å². The maximum Gasteiger partial charge on any atom is 0.226 e. The van der Waals surface area contributed by atoms with Gasteiger partial charge in [-0.25, -0.2) is 0 Å². The Morgan fingerprint density at radius 2 is 2.10 bits per heavy atom. The van der Waals surface area contributed by atoms with Crippen molar-refractivity contribution in [3.8, 4) is 0 Å². The monoisotopic (exact) mass is 291 g/mol. The molecule has 4 heteroatoms. The van der Waals surface area contributed by atoms with Crippen LogP contribution in [0.2, 0.25) is 0 Å². The highest BCUT2D eigenvalue weighted by molar-refractivity contribution is 5.84. The third-order valence-corrected chi connectivity index (χ3v) is 4.41. The van der Waals surface area contributed by atoms with E-state index < -0.39 is 0 Å². The number of ether oxygens (including phenoxy) is 1. The standard InChI is InChI=1S/C17H25NO3/c1-2-21-12-11-17(9-6-10-17)16(20)18-15(13-19)14-7-4-3-5-8-14/h3-5,7-8,15,19H,2,6,9-13H2,1H3,(H,18,20)/t15-/m1/s1. The molecule has 0 radical (unpaired) electrons. The van der Waals surface area contributed by atoms with E-state index in [1.807, 2.05) is 37.3 Å². The van der Waals surface area contributed by atoms with Gasteiger partial charge in [0.25, 0.3) is 0 Å². The predicted molar refractivity (Wildman–Crippen MR) is 81.8 cm³/mol. The van der Waals surface area contributed by atoms with E-state index in [1.54, 1.807) is 0 Å². The number of carbonyl (C=O) groups is 1. The van der Waals surface area contributed by atoms with Crippen molar-refractivity contribution in [3.05, 3.63) is 35.9 Å². The van der Waals surface area contributed by atoms with Gasteiger partial charge in [0.05, 0.1) is 18.1 Å². The van der Waals surface area contributed by atoms with Gasteiger partial charge in [-0.2, -0.15) is 0 Å². The molecule has 21 heavy (non-hydrogen) atoms. The van der Waals surface area contributed by atoms with Crippen LogP contribution in [0, 0.1) is 5.41 Å². The molecule has 116 valence electrons. The van der Waals surface area contributed by atoms with Crippen LogP contribution >= 0.6 is 0 Å². The normalized spacial score (nSPS) is 17.8. The van der Waals surface area contributed by atoms with Crippen LogP contribution in [0.3, 0.4) is 0 Å². The lowest BCUT2D eigenvalue weighted by molar-refractivity contribution is -0.138. The summed E-state index contributed by atoms with van der Waals surface area (Å²) < 4.78 is 5.40. The van der Waals surface area contributed by atoms with Crippen LogP contribution in [0.4, 0.5) is 0 Å². The second-order valence-corrected chi connectivity index (χ2v) is 5.70. The summed E-state index contributed by atoms with van der Waals surface area (Å²) in [6, 6.07) is 9.28. The Bertz CT molecular complexity index is 443. The van der Waals surface area contributed by atoms with Crippen molar-refractivity contribution in [2.45, 2.75) is 38.6 Å². The zero-order chi connectivity index (χ0) is 15.1. The molecule has 1 saturated carbocycles. The summed E-state index contributed by atoms with van der Waals surface area (Å²) in [7, 11) is 0. The van der Waals surface area contributed by atoms with Gasteiger partial charge < -0.3 is 15.2 Å². The summed E-state index contributed by atoms with van der Waals surface area (Å²) in [6.45, 7) is 3.18. The fourth-order valence-corrected chi connectivity index (χ4v) is 2.84. The molecule has 0 bridgehead atoms. The average molecular weight is 291 g/mol. The zero-order valence-corrected chi connectivity index (χ0v) is 12.7. The summed E-state index contributed by atoms with van der Waals surface area (Å²) in [5.41, 5.74) is 0.643. The van der Waals surface area contributed by atoms with Crippen LogP contribution in [0.15, 0.2) is 30.3 Å². The molecule has 0 aliphatic heterocycles. The quantitative estimate of drug-likeness (QED) is 0.723. The molecule has 0 saturated heterocycles. The number of hydrogen-bond donors (Lipinski definition) is 2. The number of rotatable bonds is 8. The highest BCUT2D eigenvalue weighted by Gasteiger charge is 2.44. The topological polar surface area (TPSA) is 58.6 Å². The van der Waals surface area contributed by atoms with Crippen molar-refractivity contribution in [2.24, 2.45) is 5.41 Å². The van der Waals surface area contributed by atoms with Gasteiger partial charge in [-0.15, -0.1) is 0 Å². The predicted octanol–water partition coefficient (Wildman–Crippen LogP) is 2.43. The van der Waals surface area contributed by atoms with Crippen molar-refractivity contribution >= 4 is 5.91 Å². The summed E-state index contributed by atoms with van der Waals surface area (Å²) in [5, 5.41) is 12.6. The van der Waals surface area contributed by atoms with E-state index in [0.717, 1.165) is 31.2 Å². The van der Waals surface area contributed by atoms with Gasteiger partial charge >= 0.3 is 0 Å². The third kappa shape index (κ3) is 3.83. The molecular formula is C17H25NO3. The Morgan fingerprint density at radius 1 is 1.38 bits per heavy atom. The minimum Gasteiger partial charge on any atom is -0.394 e. The summed E-state index contributed by atoms with van der Waals surface area (Å²) in [5.74, 6) is 0.0522. The first-order valence-electron chi connectivity index (χ1n) is 7.76. The molecule has 0 spiro atoms. The fourth-order valence-electron chi connectivity index (χ4n) is 2.84. The van der Waals surface area contributed by atoms with Crippen molar-refractivity contribution in [1.29, 1.82) is 0 Å². The highest BCUT2D eigenvalue weighted by atomic mass is 16.5. The van der Waals surface area contributed by atoms with Gasteiger partial charge in [0, 0.05) is 13.2 Å². The first-order chi connectivity index (χ1) is 10.2. The lowest BCUT2D eigenvalue weighted by Gasteiger charge is -2.41. The molecule has 1 amide bonds. The van der Waals surface area contributed by atoms with E-state index in [4.69, 9.17) is 4.74 Å². The van der Waals surface area contributed by atoms with E-state index in [0.29, 0.717) is 13.2 Å². The minimum atomic E-state index is -0.330. The van der Waals surface area contributed by atoms with Crippen LogP contribution in [0.5, 0.6) is 0 Å². The number of aliphatic hydroxyl groups excluding tert-OH is 1. The highest BCUT2D eigenvalue weighted by Crippen LogP contribution is 2.44. The lowest BCUT2D eigenvalue weighted by Crippen LogP contribution is -2.48. The molecule has 1 fully saturated rings. The van der Waals surface area contributed by atoms with Crippen LogP contribution in [0.1, 0.15) is 44.2 Å². The molecule has 1 aromatic rings. The number of nitrogens with one attached hydrogen (secondary N) is 1. The second kappa shape index (κ2) is 7.57. The molecule has 0 unspecified atom stereocenters. The number of benzene rings is 1. The molecule has 1 aliphatic rings. The van der Waals surface area contributed by atoms with Crippen molar-refractivity contribution < 1.29 is 14.6 Å². The van der Waals surface area contributed by atoms with E-state index in [2.05, 4.69) is 5.32 Å². The molecule has 1 aliphatic carbocycles. The van der Waals surface area contributed by atoms with E-state index >= 15 is 0 Å². The van der Waals surface area contributed by atoms with E-state index in [9.17, 15) is 9.90 Å². The molecule has 2 rings (SSSR count). The first-order valence-corrected chi connectivity index (χ1v) is 7.76. The zero-order valence-electron chi connectivity index (χ0n) is 12.7. The smallest absolute Gasteiger partial charge is 0.226 e. The maximum atomic E-state index is 12.6. The molecule has 2 N–H and O–H groups in total. The van der Waals surface area contributed by atoms with Crippen LogP contribution in [-0.2, 0) is 9.53 Å². The average Bonchev–Trinajstić information content (AvgIpc) is 2.48. The Hall–Kier alpha value is -1.39. The van der Waals surface area contributed by atoms with Crippen LogP contribution < -0.4 is 5.32 Å². The number of amides is 1. The Balaban J connectivity index is 1.98. The first kappa shape index (κ1) is 16.0. The van der Waals surface area contributed by atoms with Crippen molar-refractivity contribution in [2.75, 3.05) is 19.8 Å². The number of carbonyl (C=O) groups excluding carboxylic acids is 1. The van der Waals surface area contributed by atoms with Gasteiger partial charge in [0.1, 0.15) is 0 Å². The van der Waals surface area contributed by atoms with E-state index in [1.165, 1.54) is 0 Å². The largest absolute Gasteiger partial charge is 0.394 e. The summed E-state index contributed by atoms with van der Waals surface area (Å²) in [6.07, 6.45) is 3.69. The lowest BCUT2D eigenvalue weighted by atomic mass is 9.66. The summed E-state index contributed by atoms with van der Waals surface area (Å²) in [4.78, 5) is 12.6. The van der Waals surface area contributed by atoms with Gasteiger partial charge in [-0.3, -0.25) is 4.79 Å². The fraction of sp³-hybridized carbons (Fsp3) is 0.588. The Morgan fingerprint density at radius 3 is 2.62 bits per heavy atom. The molecule has 1 atom stereocenters. The number of hydrogen-bond acceptors (Lipinski definition) is 3. The Kier molecular flexibility index (Phi) is 5.76. The third-order valence-electron chi connectivity index (χ3n) is 4.41.